The van der Waals surface area contributed by atoms with E-state index in [0.29, 0.717) is 0 Å². The number of carbonyl (C=O) groups excluding carboxylic acids is 1. The Morgan fingerprint density at radius 3 is 1.95 bits per heavy atom. The molecule has 0 spiro atoms. The van der Waals surface area contributed by atoms with Gasteiger partial charge in [0.05, 0.1) is 4.90 Å². The van der Waals surface area contributed by atoms with Gasteiger partial charge in [0.25, 0.3) is 0 Å². The first kappa shape index (κ1) is 17.5. The summed E-state index contributed by atoms with van der Waals surface area (Å²) in [5.74, 6) is -4.34. The van der Waals surface area contributed by atoms with Gasteiger partial charge >= 0.3 is 5.76 Å². The van der Waals surface area contributed by atoms with E-state index in [4.69, 9.17) is 0 Å². The second-order valence-electron chi connectivity index (χ2n) is 4.29. The fourth-order valence-corrected chi connectivity index (χ4v) is 2.44. The zero-order chi connectivity index (χ0) is 16.4. The third kappa shape index (κ3) is 4.21. The van der Waals surface area contributed by atoms with E-state index in [1.54, 1.807) is 0 Å². The molecule has 1 aromatic carbocycles. The zero-order valence-electron chi connectivity index (χ0n) is 11.1. The molecule has 6 nitrogen and oxygen atoms in total. The minimum absolute atomic E-state index is 0.101. The minimum Gasteiger partial charge on any atom is -0.325 e. The highest BCUT2D eigenvalue weighted by Crippen LogP contribution is 2.20. The number of sulfone groups is 2. The summed E-state index contributed by atoms with van der Waals surface area (Å²) in [6.45, 7) is 1.19. The van der Waals surface area contributed by atoms with E-state index in [-0.39, 0.29) is 5.69 Å². The van der Waals surface area contributed by atoms with Crippen molar-refractivity contribution in [1.29, 1.82) is 0 Å². The van der Waals surface area contributed by atoms with E-state index >= 15 is 0 Å². The van der Waals surface area contributed by atoms with Gasteiger partial charge in [-0.2, -0.15) is 8.78 Å². The summed E-state index contributed by atoms with van der Waals surface area (Å²) >= 11 is 0. The van der Waals surface area contributed by atoms with Crippen molar-refractivity contribution in [2.45, 2.75) is 22.8 Å². The lowest BCUT2D eigenvalue weighted by atomic mass is 10.3. The second kappa shape index (κ2) is 6.06. The number of alkyl halides is 2. The normalized spacial score (nSPS) is 14.0. The van der Waals surface area contributed by atoms with E-state index < -0.39 is 41.5 Å². The van der Waals surface area contributed by atoms with Crippen LogP contribution in [0.25, 0.3) is 0 Å². The van der Waals surface area contributed by atoms with E-state index in [0.717, 1.165) is 30.5 Å². The molecule has 10 heteroatoms. The average Bonchev–Trinajstić information content (AvgIpc) is 2.37. The van der Waals surface area contributed by atoms with Crippen LogP contribution in [-0.4, -0.2) is 40.0 Å². The van der Waals surface area contributed by atoms with Gasteiger partial charge in [-0.05, 0) is 31.2 Å². The Labute approximate surface area is 121 Å². The molecule has 1 aromatic rings. The van der Waals surface area contributed by atoms with E-state index in [1.165, 1.54) is 6.92 Å². The third-order valence-corrected chi connectivity index (χ3v) is 5.59. The summed E-state index contributed by atoms with van der Waals surface area (Å²) < 4.78 is 69.4. The molecule has 0 heterocycles. The van der Waals surface area contributed by atoms with Crippen molar-refractivity contribution in [3.63, 3.8) is 0 Å². The number of nitrogens with one attached hydrogen (secondary N) is 1. The second-order valence-corrected chi connectivity index (χ2v) is 8.57. The Hall–Kier alpha value is -1.55. The number of anilines is 1. The van der Waals surface area contributed by atoms with Crippen molar-refractivity contribution in [2.75, 3.05) is 11.6 Å². The number of hydrogen-bond donors (Lipinski definition) is 1. The maximum Gasteiger partial charge on any atom is 0.341 e. The monoisotopic (exact) mass is 341 g/mol. The lowest BCUT2D eigenvalue weighted by Crippen LogP contribution is -2.31. The van der Waals surface area contributed by atoms with Crippen LogP contribution in [0.2, 0.25) is 0 Å². The minimum atomic E-state index is -4.70. The number of hydrogen-bond acceptors (Lipinski definition) is 5. The Kier molecular flexibility index (Phi) is 5.05. The van der Waals surface area contributed by atoms with Crippen LogP contribution in [0, 0.1) is 0 Å². The average molecular weight is 341 g/mol. The lowest BCUT2D eigenvalue weighted by molar-refractivity contribution is -0.115. The first-order chi connectivity index (χ1) is 9.46. The molecule has 0 radical (unpaired) electrons. The fraction of sp³-hybridized carbons (Fsp3) is 0.364. The first-order valence-electron chi connectivity index (χ1n) is 5.58. The summed E-state index contributed by atoms with van der Waals surface area (Å²) in [7, 11) is -8.28. The standard InChI is InChI=1S/C11H13F2NO5S2/c1-7(20(2,16)17)10(15)14-8-3-5-9(6-4-8)21(18,19)11(12)13/h3-7,11H,1-2H3,(H,14,15). The van der Waals surface area contributed by atoms with Crippen molar-refractivity contribution < 1.29 is 30.4 Å². The van der Waals surface area contributed by atoms with Crippen molar-refractivity contribution >= 4 is 31.3 Å². The maximum absolute atomic E-state index is 12.3. The summed E-state index contributed by atoms with van der Waals surface area (Å²) in [5.41, 5.74) is 0.101. The molecular weight excluding hydrogens is 328 g/mol. The maximum atomic E-state index is 12.3. The van der Waals surface area contributed by atoms with Crippen LogP contribution in [0.15, 0.2) is 29.2 Å². The van der Waals surface area contributed by atoms with Crippen LogP contribution in [0.4, 0.5) is 14.5 Å². The van der Waals surface area contributed by atoms with Crippen molar-refractivity contribution in [1.82, 2.24) is 0 Å². The van der Waals surface area contributed by atoms with Crippen molar-refractivity contribution in [2.24, 2.45) is 0 Å². The van der Waals surface area contributed by atoms with Crippen molar-refractivity contribution in [3.05, 3.63) is 24.3 Å². The Morgan fingerprint density at radius 1 is 1.10 bits per heavy atom. The molecule has 1 unspecified atom stereocenters. The molecule has 0 aliphatic carbocycles. The van der Waals surface area contributed by atoms with E-state index in [9.17, 15) is 30.4 Å². The Bertz CT molecular complexity index is 726. The van der Waals surface area contributed by atoms with Gasteiger partial charge in [-0.1, -0.05) is 0 Å². The molecule has 1 atom stereocenters. The van der Waals surface area contributed by atoms with Crippen LogP contribution in [0.3, 0.4) is 0 Å². The molecule has 0 saturated heterocycles. The number of carbonyl (C=O) groups is 1. The predicted molar refractivity (Wildman–Crippen MR) is 72.6 cm³/mol. The highest BCUT2D eigenvalue weighted by atomic mass is 32.2. The van der Waals surface area contributed by atoms with Gasteiger partial charge in [0, 0.05) is 11.9 Å². The SMILES string of the molecule is CC(C(=O)Nc1ccc(S(=O)(=O)C(F)F)cc1)S(C)(=O)=O. The van der Waals surface area contributed by atoms with Gasteiger partial charge in [0.15, 0.2) is 9.84 Å². The van der Waals surface area contributed by atoms with Gasteiger partial charge in [-0.3, -0.25) is 4.79 Å². The van der Waals surface area contributed by atoms with Gasteiger partial charge in [0.2, 0.25) is 15.7 Å². The molecule has 0 aliphatic rings. The van der Waals surface area contributed by atoms with Crippen LogP contribution in [-0.2, 0) is 24.5 Å². The molecule has 1 rings (SSSR count). The lowest BCUT2D eigenvalue weighted by Gasteiger charge is -2.11. The van der Waals surface area contributed by atoms with Gasteiger partial charge in [-0.15, -0.1) is 0 Å². The predicted octanol–water partition coefficient (Wildman–Crippen LogP) is 1.05. The van der Waals surface area contributed by atoms with Gasteiger partial charge in [-0.25, -0.2) is 16.8 Å². The Morgan fingerprint density at radius 2 is 1.57 bits per heavy atom. The highest BCUT2D eigenvalue weighted by Gasteiger charge is 2.27. The van der Waals surface area contributed by atoms with Gasteiger partial charge in [0.1, 0.15) is 5.25 Å². The van der Waals surface area contributed by atoms with E-state index in [1.807, 2.05) is 0 Å². The molecule has 0 bridgehead atoms. The van der Waals surface area contributed by atoms with Gasteiger partial charge < -0.3 is 5.32 Å². The zero-order valence-corrected chi connectivity index (χ0v) is 12.7. The van der Waals surface area contributed by atoms with Crippen molar-refractivity contribution in [3.8, 4) is 0 Å². The molecular formula is C11H13F2NO5S2. The Balaban J connectivity index is 2.93. The largest absolute Gasteiger partial charge is 0.341 e. The third-order valence-electron chi connectivity index (χ3n) is 2.70. The summed E-state index contributed by atoms with van der Waals surface area (Å²) in [5, 5.41) is 0.966. The van der Waals surface area contributed by atoms with Crippen LogP contribution in [0.1, 0.15) is 6.92 Å². The molecule has 0 aliphatic heterocycles. The number of amides is 1. The van der Waals surface area contributed by atoms with Crippen LogP contribution >= 0.6 is 0 Å². The highest BCUT2D eigenvalue weighted by molar-refractivity contribution is 7.92. The smallest absolute Gasteiger partial charge is 0.325 e. The molecule has 1 amide bonds. The molecule has 0 saturated carbocycles. The molecule has 21 heavy (non-hydrogen) atoms. The summed E-state index contributed by atoms with van der Waals surface area (Å²) in [6.07, 6.45) is 0.898. The summed E-state index contributed by atoms with van der Waals surface area (Å²) in [6, 6.07) is 4.01. The van der Waals surface area contributed by atoms with E-state index in [2.05, 4.69) is 5.32 Å². The number of halogens is 2. The number of rotatable bonds is 5. The quantitative estimate of drug-likeness (QED) is 0.863. The molecule has 1 N–H and O–H groups in total. The number of benzene rings is 1. The first-order valence-corrected chi connectivity index (χ1v) is 9.08. The molecule has 0 aromatic heterocycles. The topological polar surface area (TPSA) is 97.4 Å². The molecule has 0 fully saturated rings. The molecule has 118 valence electrons. The van der Waals surface area contributed by atoms with Crippen LogP contribution < -0.4 is 5.32 Å². The fourth-order valence-electron chi connectivity index (χ4n) is 1.27. The summed E-state index contributed by atoms with van der Waals surface area (Å²) in [4.78, 5) is 11.0. The van der Waals surface area contributed by atoms with Crippen LogP contribution in [0.5, 0.6) is 0 Å².